The predicted octanol–water partition coefficient (Wildman–Crippen LogP) is 3.39. The fraction of sp³-hybridized carbons (Fsp3) is 0.538. The van der Waals surface area contributed by atoms with Gasteiger partial charge in [0.05, 0.1) is 7.11 Å². The molecule has 0 N–H and O–H groups in total. The molecule has 0 aromatic heterocycles. The van der Waals surface area contributed by atoms with Crippen LogP contribution in [-0.2, 0) is 4.74 Å². The Balaban J connectivity index is 0.000000583. The van der Waals surface area contributed by atoms with Gasteiger partial charge in [-0.05, 0) is 30.0 Å². The molecule has 2 nitrogen and oxygen atoms in total. The van der Waals surface area contributed by atoms with Crippen LogP contribution in [0.2, 0.25) is 0 Å². The van der Waals surface area contributed by atoms with E-state index in [-0.39, 0.29) is 0 Å². The third kappa shape index (κ3) is 4.84. The number of rotatable bonds is 2. The number of ether oxygens (including phenoxy) is 2. The Bertz CT molecular complexity index is 280. The van der Waals surface area contributed by atoms with Gasteiger partial charge in [0.2, 0.25) is 0 Å². The van der Waals surface area contributed by atoms with E-state index in [1.807, 2.05) is 0 Å². The van der Waals surface area contributed by atoms with E-state index in [1.54, 1.807) is 21.3 Å². The van der Waals surface area contributed by atoms with Crippen molar-refractivity contribution in [3.05, 3.63) is 29.3 Å². The largest absolute Gasteiger partial charge is 0.496 e. The SMILES string of the molecule is COC.COc1cc(C)ccc1C(C)C. The van der Waals surface area contributed by atoms with Gasteiger partial charge in [-0.2, -0.15) is 0 Å². The van der Waals surface area contributed by atoms with Crippen molar-refractivity contribution < 1.29 is 9.47 Å². The zero-order chi connectivity index (χ0) is 11.8. The fourth-order valence-corrected chi connectivity index (χ4v) is 1.30. The third-order valence-corrected chi connectivity index (χ3v) is 2.01. The average Bonchev–Trinajstić information content (AvgIpc) is 2.18. The zero-order valence-electron chi connectivity index (χ0n) is 10.6. The highest BCUT2D eigenvalue weighted by Gasteiger charge is 2.05. The van der Waals surface area contributed by atoms with Gasteiger partial charge in [0.25, 0.3) is 0 Å². The van der Waals surface area contributed by atoms with Gasteiger partial charge in [-0.25, -0.2) is 0 Å². The van der Waals surface area contributed by atoms with Crippen LogP contribution in [-0.4, -0.2) is 21.3 Å². The zero-order valence-corrected chi connectivity index (χ0v) is 10.6. The Labute approximate surface area is 93.2 Å². The molecule has 0 aliphatic rings. The highest BCUT2D eigenvalue weighted by atomic mass is 16.5. The van der Waals surface area contributed by atoms with Gasteiger partial charge in [-0.3, -0.25) is 0 Å². The molecule has 0 heterocycles. The molecule has 0 radical (unpaired) electrons. The first-order valence-electron chi connectivity index (χ1n) is 5.11. The summed E-state index contributed by atoms with van der Waals surface area (Å²) in [5, 5.41) is 0. The van der Waals surface area contributed by atoms with Crippen molar-refractivity contribution in [2.75, 3.05) is 21.3 Å². The van der Waals surface area contributed by atoms with Crippen molar-refractivity contribution in [2.45, 2.75) is 26.7 Å². The molecule has 0 spiro atoms. The molecule has 2 heteroatoms. The second kappa shape index (κ2) is 7.30. The molecular weight excluding hydrogens is 188 g/mol. The molecule has 0 saturated carbocycles. The lowest BCUT2D eigenvalue weighted by molar-refractivity contribution is 0.277. The summed E-state index contributed by atoms with van der Waals surface area (Å²) in [5.74, 6) is 1.53. The summed E-state index contributed by atoms with van der Waals surface area (Å²) in [6, 6.07) is 6.34. The molecule has 1 aromatic carbocycles. The number of hydrogen-bond donors (Lipinski definition) is 0. The first-order chi connectivity index (χ1) is 7.06. The van der Waals surface area contributed by atoms with E-state index in [1.165, 1.54) is 11.1 Å². The molecule has 86 valence electrons. The molecule has 0 amide bonds. The molecule has 0 unspecified atom stereocenters. The van der Waals surface area contributed by atoms with E-state index in [0.717, 1.165) is 5.75 Å². The van der Waals surface area contributed by atoms with Gasteiger partial charge >= 0.3 is 0 Å². The van der Waals surface area contributed by atoms with Crippen molar-refractivity contribution in [3.63, 3.8) is 0 Å². The summed E-state index contributed by atoms with van der Waals surface area (Å²) < 4.78 is 9.54. The number of aryl methyl sites for hydroxylation is 1. The van der Waals surface area contributed by atoms with E-state index >= 15 is 0 Å². The van der Waals surface area contributed by atoms with Crippen molar-refractivity contribution in [1.82, 2.24) is 0 Å². The smallest absolute Gasteiger partial charge is 0.122 e. The monoisotopic (exact) mass is 210 g/mol. The first kappa shape index (κ1) is 14.0. The second-order valence-corrected chi connectivity index (χ2v) is 3.81. The van der Waals surface area contributed by atoms with Crippen LogP contribution in [0, 0.1) is 6.92 Å². The van der Waals surface area contributed by atoms with E-state index in [9.17, 15) is 0 Å². The van der Waals surface area contributed by atoms with Gasteiger partial charge in [-0.15, -0.1) is 0 Å². The summed E-state index contributed by atoms with van der Waals surface area (Å²) in [7, 11) is 4.97. The van der Waals surface area contributed by atoms with Crippen LogP contribution in [0.4, 0.5) is 0 Å². The maximum Gasteiger partial charge on any atom is 0.122 e. The standard InChI is InChI=1S/C11H16O.C2H6O/c1-8(2)10-6-5-9(3)7-11(10)12-4;1-3-2/h5-8H,1-4H3;1-2H3. The Morgan fingerprint density at radius 2 is 1.60 bits per heavy atom. The second-order valence-electron chi connectivity index (χ2n) is 3.81. The Morgan fingerprint density at radius 3 is 2.00 bits per heavy atom. The van der Waals surface area contributed by atoms with Gasteiger partial charge in [0.15, 0.2) is 0 Å². The fourth-order valence-electron chi connectivity index (χ4n) is 1.30. The van der Waals surface area contributed by atoms with Gasteiger partial charge in [0, 0.05) is 14.2 Å². The van der Waals surface area contributed by atoms with Crippen LogP contribution in [0.3, 0.4) is 0 Å². The predicted molar refractivity (Wildman–Crippen MR) is 64.8 cm³/mol. The van der Waals surface area contributed by atoms with Crippen LogP contribution >= 0.6 is 0 Å². The molecule has 0 atom stereocenters. The third-order valence-electron chi connectivity index (χ3n) is 2.01. The molecular formula is C13H22O2. The first-order valence-corrected chi connectivity index (χ1v) is 5.11. The Kier molecular flexibility index (Phi) is 6.80. The number of methoxy groups -OCH3 is 2. The van der Waals surface area contributed by atoms with Crippen LogP contribution in [0.5, 0.6) is 5.75 Å². The average molecular weight is 210 g/mol. The molecule has 15 heavy (non-hydrogen) atoms. The molecule has 1 aromatic rings. The number of hydrogen-bond acceptors (Lipinski definition) is 2. The van der Waals surface area contributed by atoms with Crippen molar-refractivity contribution in [1.29, 1.82) is 0 Å². The van der Waals surface area contributed by atoms with Crippen LogP contribution < -0.4 is 4.74 Å². The van der Waals surface area contributed by atoms with E-state index < -0.39 is 0 Å². The summed E-state index contributed by atoms with van der Waals surface area (Å²) >= 11 is 0. The molecule has 0 aliphatic carbocycles. The van der Waals surface area contributed by atoms with E-state index in [2.05, 4.69) is 43.7 Å². The van der Waals surface area contributed by atoms with Crippen LogP contribution in [0.1, 0.15) is 30.9 Å². The quantitative estimate of drug-likeness (QED) is 0.745. The van der Waals surface area contributed by atoms with Crippen molar-refractivity contribution in [3.8, 4) is 5.75 Å². The van der Waals surface area contributed by atoms with E-state index in [4.69, 9.17) is 4.74 Å². The van der Waals surface area contributed by atoms with Gasteiger partial charge in [-0.1, -0.05) is 26.0 Å². The van der Waals surface area contributed by atoms with Gasteiger partial charge in [0.1, 0.15) is 5.75 Å². The lowest BCUT2D eigenvalue weighted by Crippen LogP contribution is -1.94. The summed E-state index contributed by atoms with van der Waals surface area (Å²) in [6.45, 7) is 6.42. The minimum Gasteiger partial charge on any atom is -0.496 e. The Morgan fingerprint density at radius 1 is 1.07 bits per heavy atom. The minimum atomic E-state index is 0.528. The maximum atomic E-state index is 5.29. The molecule has 0 fully saturated rings. The summed E-state index contributed by atoms with van der Waals surface area (Å²) in [5.41, 5.74) is 2.53. The highest BCUT2D eigenvalue weighted by Crippen LogP contribution is 2.26. The highest BCUT2D eigenvalue weighted by molar-refractivity contribution is 5.38. The molecule has 0 saturated heterocycles. The normalized spacial score (nSPS) is 9.53. The molecule has 0 bridgehead atoms. The lowest BCUT2D eigenvalue weighted by atomic mass is 10.0. The molecule has 1 rings (SSSR count). The summed E-state index contributed by atoms with van der Waals surface area (Å²) in [4.78, 5) is 0. The number of benzene rings is 1. The van der Waals surface area contributed by atoms with E-state index in [0.29, 0.717) is 5.92 Å². The summed E-state index contributed by atoms with van der Waals surface area (Å²) in [6.07, 6.45) is 0. The van der Waals surface area contributed by atoms with Crippen LogP contribution in [0.25, 0.3) is 0 Å². The van der Waals surface area contributed by atoms with Gasteiger partial charge < -0.3 is 9.47 Å². The molecule has 0 aliphatic heterocycles. The minimum absolute atomic E-state index is 0.528. The lowest BCUT2D eigenvalue weighted by Gasteiger charge is -2.11. The van der Waals surface area contributed by atoms with Crippen LogP contribution in [0.15, 0.2) is 18.2 Å². The van der Waals surface area contributed by atoms with Crippen molar-refractivity contribution in [2.24, 2.45) is 0 Å². The van der Waals surface area contributed by atoms with Crippen molar-refractivity contribution >= 4 is 0 Å². The topological polar surface area (TPSA) is 18.5 Å². The Hall–Kier alpha value is -1.02. The maximum absolute atomic E-state index is 5.29.